The first kappa shape index (κ1) is 21.3. The molecule has 1 heterocycles. The molecule has 11 nitrogen and oxygen atoms in total. The maximum Gasteiger partial charge on any atom is 0.335 e. The number of imide groups is 2. The Balaban J connectivity index is 2.10. The van der Waals surface area contributed by atoms with Crippen molar-refractivity contribution in [3.05, 3.63) is 57.6 Å². The zero-order valence-corrected chi connectivity index (χ0v) is 16.7. The van der Waals surface area contributed by atoms with Crippen LogP contribution in [0.15, 0.2) is 42.0 Å². The van der Waals surface area contributed by atoms with Gasteiger partial charge in [-0.15, -0.1) is 0 Å². The van der Waals surface area contributed by atoms with Gasteiger partial charge < -0.3 is 14.2 Å². The van der Waals surface area contributed by atoms with E-state index < -0.39 is 34.0 Å². The highest BCUT2D eigenvalue weighted by Crippen LogP contribution is 2.36. The fraction of sp³-hybridized carbons (Fsp3) is 0.150. The molecule has 0 bridgehead atoms. The summed E-state index contributed by atoms with van der Waals surface area (Å²) in [4.78, 5) is 49.2. The summed E-state index contributed by atoms with van der Waals surface area (Å²) in [6.45, 7) is 0. The van der Waals surface area contributed by atoms with Crippen molar-refractivity contribution >= 4 is 35.3 Å². The number of nitrogens with zero attached hydrogens (tertiary/aromatic N) is 2. The number of urea groups is 1. The Morgan fingerprint density at radius 3 is 2.13 bits per heavy atom. The number of barbiturate groups is 1. The lowest BCUT2D eigenvalue weighted by Gasteiger charge is -2.26. The van der Waals surface area contributed by atoms with Crippen LogP contribution < -0.4 is 24.4 Å². The van der Waals surface area contributed by atoms with E-state index in [1.807, 2.05) is 0 Å². The number of carbonyl (C=O) groups excluding carboxylic acids is 3. The Hall–Kier alpha value is -4.41. The van der Waals surface area contributed by atoms with Crippen LogP contribution in [0.4, 0.5) is 16.2 Å². The molecule has 0 saturated carbocycles. The molecule has 2 aromatic carbocycles. The van der Waals surface area contributed by atoms with Crippen LogP contribution in [0.3, 0.4) is 0 Å². The van der Waals surface area contributed by atoms with E-state index in [-0.39, 0.29) is 22.7 Å². The lowest BCUT2D eigenvalue weighted by atomic mass is 10.0. The fourth-order valence-corrected chi connectivity index (χ4v) is 2.94. The van der Waals surface area contributed by atoms with Crippen LogP contribution in [0.2, 0.25) is 0 Å². The first-order valence-corrected chi connectivity index (χ1v) is 8.76. The first-order chi connectivity index (χ1) is 14.8. The van der Waals surface area contributed by atoms with E-state index in [1.54, 1.807) is 0 Å². The third-order valence-electron chi connectivity index (χ3n) is 4.46. The summed E-state index contributed by atoms with van der Waals surface area (Å²) in [5, 5.41) is 13.6. The van der Waals surface area contributed by atoms with Crippen molar-refractivity contribution < 1.29 is 33.5 Å². The van der Waals surface area contributed by atoms with Crippen molar-refractivity contribution in [3.8, 4) is 17.2 Å². The number of ether oxygens (including phenoxy) is 3. The molecule has 0 spiro atoms. The van der Waals surface area contributed by atoms with Crippen LogP contribution in [0.5, 0.6) is 17.2 Å². The Labute approximate surface area is 176 Å². The maximum atomic E-state index is 13.0. The second kappa shape index (κ2) is 8.53. The summed E-state index contributed by atoms with van der Waals surface area (Å²) >= 11 is 0. The van der Waals surface area contributed by atoms with Crippen LogP contribution >= 0.6 is 0 Å². The number of carbonyl (C=O) groups is 3. The molecule has 31 heavy (non-hydrogen) atoms. The molecule has 0 unspecified atom stereocenters. The third kappa shape index (κ3) is 4.01. The summed E-state index contributed by atoms with van der Waals surface area (Å²) in [7, 11) is 4.11. The third-order valence-corrected chi connectivity index (χ3v) is 4.46. The lowest BCUT2D eigenvalue weighted by molar-refractivity contribution is -0.385. The molecule has 0 aliphatic carbocycles. The van der Waals surface area contributed by atoms with Gasteiger partial charge in [-0.1, -0.05) is 0 Å². The number of hydrogen-bond acceptors (Lipinski definition) is 8. The van der Waals surface area contributed by atoms with Crippen molar-refractivity contribution in [1.82, 2.24) is 5.32 Å². The Kier molecular flexibility index (Phi) is 5.86. The zero-order valence-electron chi connectivity index (χ0n) is 16.7. The SMILES string of the molecule is COc1ccc(N2C(=O)NC(=O)/C(=C\c3cc(OC)c(OC)cc3[N+](=O)[O-])C2=O)cc1. The Morgan fingerprint density at radius 1 is 0.968 bits per heavy atom. The summed E-state index contributed by atoms with van der Waals surface area (Å²) in [6.07, 6.45) is 1.03. The van der Waals surface area contributed by atoms with Crippen LogP contribution in [-0.2, 0) is 9.59 Å². The van der Waals surface area contributed by atoms with E-state index in [9.17, 15) is 24.5 Å². The van der Waals surface area contributed by atoms with Crippen molar-refractivity contribution in [2.24, 2.45) is 0 Å². The van der Waals surface area contributed by atoms with Gasteiger partial charge in [0.15, 0.2) is 11.5 Å². The number of methoxy groups -OCH3 is 3. The number of nitro benzene ring substituents is 1. The monoisotopic (exact) mass is 427 g/mol. The van der Waals surface area contributed by atoms with Gasteiger partial charge in [0.05, 0.1) is 43.6 Å². The van der Waals surface area contributed by atoms with Crippen molar-refractivity contribution in [2.45, 2.75) is 0 Å². The molecule has 1 N–H and O–H groups in total. The molecule has 4 amide bonds. The van der Waals surface area contributed by atoms with Crippen molar-refractivity contribution in [3.63, 3.8) is 0 Å². The van der Waals surface area contributed by atoms with Gasteiger partial charge in [-0.25, -0.2) is 9.69 Å². The molecule has 1 aliphatic rings. The minimum absolute atomic E-state index is 0.0785. The highest BCUT2D eigenvalue weighted by molar-refractivity contribution is 6.39. The van der Waals surface area contributed by atoms with Gasteiger partial charge in [-0.3, -0.25) is 25.0 Å². The predicted molar refractivity (Wildman–Crippen MR) is 108 cm³/mol. The minimum Gasteiger partial charge on any atom is -0.497 e. The van der Waals surface area contributed by atoms with Crippen molar-refractivity contribution in [2.75, 3.05) is 26.2 Å². The Bertz CT molecular complexity index is 1110. The van der Waals surface area contributed by atoms with E-state index in [0.717, 1.165) is 17.0 Å². The highest BCUT2D eigenvalue weighted by Gasteiger charge is 2.37. The highest BCUT2D eigenvalue weighted by atomic mass is 16.6. The number of benzene rings is 2. The van der Waals surface area contributed by atoms with Crippen molar-refractivity contribution in [1.29, 1.82) is 0 Å². The summed E-state index contributed by atoms with van der Waals surface area (Å²) in [5.41, 5.74) is -0.780. The standard InChI is InChI=1S/C20H17N3O8/c1-29-13-6-4-12(5-7-13)22-19(25)14(18(24)21-20(22)26)8-11-9-16(30-2)17(31-3)10-15(11)23(27)28/h4-10H,1-3H3,(H,21,24,26)/b14-8+. The van der Waals surface area contributed by atoms with E-state index >= 15 is 0 Å². The summed E-state index contributed by atoms with van der Waals surface area (Å²) in [5.74, 6) is -1.16. The number of nitro groups is 1. The van der Waals surface area contributed by atoms with Crippen LogP contribution in [0.1, 0.15) is 5.56 Å². The van der Waals surface area contributed by atoms with Gasteiger partial charge in [0.25, 0.3) is 17.5 Å². The first-order valence-electron chi connectivity index (χ1n) is 8.76. The van der Waals surface area contributed by atoms with Crippen LogP contribution in [-0.4, -0.2) is 44.1 Å². The second-order valence-electron chi connectivity index (χ2n) is 6.18. The number of hydrogen-bond donors (Lipinski definition) is 1. The normalized spacial score (nSPS) is 15.0. The van der Waals surface area contributed by atoms with Gasteiger partial charge >= 0.3 is 6.03 Å². The number of amides is 4. The Morgan fingerprint density at radius 2 is 1.58 bits per heavy atom. The van der Waals surface area contributed by atoms with Gasteiger partial charge in [0, 0.05) is 0 Å². The van der Waals surface area contributed by atoms with Gasteiger partial charge in [-0.05, 0) is 36.4 Å². The topological polar surface area (TPSA) is 137 Å². The van der Waals surface area contributed by atoms with E-state index in [2.05, 4.69) is 5.32 Å². The molecular formula is C20H17N3O8. The molecule has 11 heteroatoms. The lowest BCUT2D eigenvalue weighted by Crippen LogP contribution is -2.54. The largest absolute Gasteiger partial charge is 0.497 e. The molecule has 1 saturated heterocycles. The zero-order chi connectivity index (χ0) is 22.7. The maximum absolute atomic E-state index is 13.0. The molecule has 0 aromatic heterocycles. The molecule has 2 aromatic rings. The van der Waals surface area contributed by atoms with Crippen LogP contribution in [0.25, 0.3) is 6.08 Å². The second-order valence-corrected chi connectivity index (χ2v) is 6.18. The van der Waals surface area contributed by atoms with Gasteiger partial charge in [0.1, 0.15) is 11.3 Å². The number of nitrogens with one attached hydrogen (secondary N) is 1. The average molecular weight is 427 g/mol. The van der Waals surface area contributed by atoms with Gasteiger partial charge in [-0.2, -0.15) is 0 Å². The molecule has 3 rings (SSSR count). The fourth-order valence-electron chi connectivity index (χ4n) is 2.94. The van der Waals surface area contributed by atoms with E-state index in [1.165, 1.54) is 51.7 Å². The minimum atomic E-state index is -0.983. The smallest absolute Gasteiger partial charge is 0.335 e. The average Bonchev–Trinajstić information content (AvgIpc) is 2.76. The summed E-state index contributed by atoms with van der Waals surface area (Å²) in [6, 6.07) is 7.43. The van der Waals surface area contributed by atoms with E-state index in [4.69, 9.17) is 14.2 Å². The number of anilines is 1. The number of rotatable bonds is 6. The van der Waals surface area contributed by atoms with E-state index in [0.29, 0.717) is 5.75 Å². The molecule has 160 valence electrons. The quantitative estimate of drug-likeness (QED) is 0.321. The molecule has 1 fully saturated rings. The van der Waals surface area contributed by atoms with Gasteiger partial charge in [0.2, 0.25) is 0 Å². The molecular weight excluding hydrogens is 410 g/mol. The molecule has 0 atom stereocenters. The predicted octanol–water partition coefficient (Wildman–Crippen LogP) is 2.29. The molecule has 0 radical (unpaired) electrons. The summed E-state index contributed by atoms with van der Waals surface area (Å²) < 4.78 is 15.3. The van der Waals surface area contributed by atoms with Crippen LogP contribution in [0, 0.1) is 10.1 Å². The molecule has 1 aliphatic heterocycles.